The second kappa shape index (κ2) is 25.6. The molecular formula is C51H77BF2N4O11. The van der Waals surface area contributed by atoms with Crippen molar-refractivity contribution in [1.29, 1.82) is 0 Å². The number of hydrogen-bond donors (Lipinski definition) is 5. The molecule has 1 aromatic rings. The average Bonchev–Trinajstić information content (AvgIpc) is 3.81. The van der Waals surface area contributed by atoms with Gasteiger partial charge in [-0.05, 0) is 101 Å². The first-order valence-electron chi connectivity index (χ1n) is 24.8. The summed E-state index contributed by atoms with van der Waals surface area (Å²) in [5, 5.41) is 37.7. The van der Waals surface area contributed by atoms with E-state index in [-0.39, 0.29) is 101 Å². The number of alkyl carbamates (subject to hydrolysis) is 1. The molecule has 0 radical (unpaired) electrons. The fraction of sp³-hybridized carbons (Fsp3) is 0.647. The Morgan fingerprint density at radius 1 is 1.09 bits per heavy atom. The summed E-state index contributed by atoms with van der Waals surface area (Å²) in [6, 6.07) is 1.78. The van der Waals surface area contributed by atoms with Crippen molar-refractivity contribution in [3.63, 3.8) is 0 Å². The number of aliphatic hydroxyl groups is 3. The molecule has 69 heavy (non-hydrogen) atoms. The number of ether oxygens (including phenoxy) is 5. The Balaban J connectivity index is 0.971. The first-order chi connectivity index (χ1) is 32.7. The fourth-order valence-corrected chi connectivity index (χ4v) is 9.33. The highest BCUT2D eigenvalue weighted by molar-refractivity contribution is 6.58. The highest BCUT2D eigenvalue weighted by Gasteiger charge is 2.52. The predicted octanol–water partition coefficient (Wildman–Crippen LogP) is 6.61. The molecule has 10 unspecified atom stereocenters. The molecule has 0 saturated carbocycles. The number of cyclic esters (lactones) is 1. The van der Waals surface area contributed by atoms with Crippen molar-refractivity contribution in [3.05, 3.63) is 76.8 Å². The number of aryl methyl sites for hydroxylation is 2. The molecule has 2 amide bonds. The number of hydrogen-bond acceptors (Lipinski definition) is 11. The van der Waals surface area contributed by atoms with Gasteiger partial charge in [-0.25, -0.2) is 4.79 Å². The Bertz CT molecular complexity index is 2120. The van der Waals surface area contributed by atoms with Crippen LogP contribution >= 0.6 is 0 Å². The number of fused-ring (bicyclic) bond motifs is 2. The molecular weight excluding hydrogens is 893 g/mol. The minimum atomic E-state index is -4.00. The van der Waals surface area contributed by atoms with E-state index in [1.54, 1.807) is 43.4 Å². The van der Waals surface area contributed by atoms with Crippen molar-refractivity contribution in [2.24, 2.45) is 17.8 Å². The van der Waals surface area contributed by atoms with Gasteiger partial charge >= 0.3 is 19.0 Å². The Kier molecular flexibility index (Phi) is 20.6. The minimum Gasteiger partial charge on any atom is -0.457 e. The van der Waals surface area contributed by atoms with Crippen LogP contribution in [0.3, 0.4) is 0 Å². The highest BCUT2D eigenvalue weighted by Crippen LogP contribution is 2.37. The number of aliphatic hydroxyl groups excluding tert-OH is 2. The van der Waals surface area contributed by atoms with Crippen LogP contribution < -0.4 is 10.6 Å². The number of carbonyl (C=O) groups is 3. The lowest BCUT2D eigenvalue weighted by Gasteiger charge is -2.32. The molecule has 384 valence electrons. The topological polar surface area (TPSA) is 193 Å². The van der Waals surface area contributed by atoms with E-state index in [9.17, 15) is 29.7 Å². The zero-order chi connectivity index (χ0) is 50.5. The van der Waals surface area contributed by atoms with E-state index in [0.717, 1.165) is 26.5 Å². The molecule has 1 fully saturated rings. The van der Waals surface area contributed by atoms with E-state index < -0.39 is 42.9 Å². The molecule has 4 aliphatic heterocycles. The van der Waals surface area contributed by atoms with Crippen molar-refractivity contribution >= 4 is 36.7 Å². The zero-order valence-electron chi connectivity index (χ0n) is 41.8. The molecule has 15 nitrogen and oxygen atoms in total. The molecule has 1 aromatic heterocycles. The van der Waals surface area contributed by atoms with E-state index in [0.29, 0.717) is 55.0 Å². The second-order valence-electron chi connectivity index (χ2n) is 19.5. The second-order valence-corrected chi connectivity index (χ2v) is 19.5. The van der Waals surface area contributed by atoms with Crippen LogP contribution in [0.15, 0.2) is 59.9 Å². The molecule has 10 atom stereocenters. The van der Waals surface area contributed by atoms with Gasteiger partial charge in [-0.15, -0.1) is 0 Å². The number of unbranched alkanes of at least 4 members (excludes halogenated alkanes) is 1. The number of aromatic nitrogens is 1. The number of rotatable bonds is 23. The zero-order valence-corrected chi connectivity index (χ0v) is 41.8. The van der Waals surface area contributed by atoms with Gasteiger partial charge in [0.25, 0.3) is 0 Å². The van der Waals surface area contributed by atoms with Gasteiger partial charge in [0.05, 0.1) is 57.3 Å². The first-order valence-corrected chi connectivity index (χ1v) is 24.8. The highest BCUT2D eigenvalue weighted by atomic mass is 19.2. The molecule has 5 rings (SSSR count). The van der Waals surface area contributed by atoms with E-state index >= 15 is 8.63 Å². The Morgan fingerprint density at radius 2 is 1.80 bits per heavy atom. The number of epoxide rings is 1. The summed E-state index contributed by atoms with van der Waals surface area (Å²) in [5.41, 5.74) is 2.13. The SMILES string of the molecule is CCC(O)C(C)C1OC1CC(C)/C=C/C=C(\C)C1OC(=O)CC(O)CCC(C)(O)C(OC(=O)NCCOCCOCCNC(=O)CCCCC2=[N+]3C(=Cc4c(C)cc(C)n4[B-]3(F)F)C=C2)/C=C/C1C. The van der Waals surface area contributed by atoms with Crippen molar-refractivity contribution in [1.82, 2.24) is 15.1 Å². The molecule has 0 bridgehead atoms. The maximum atomic E-state index is 15.6. The first kappa shape index (κ1) is 55.5. The molecule has 0 aliphatic carbocycles. The summed E-state index contributed by atoms with van der Waals surface area (Å²) in [4.78, 5) is 38.2. The molecule has 18 heteroatoms. The lowest BCUT2D eigenvalue weighted by Crippen LogP contribution is -2.50. The minimum absolute atomic E-state index is 0.0404. The summed E-state index contributed by atoms with van der Waals surface area (Å²) in [7, 11) is 0. The van der Waals surface area contributed by atoms with Gasteiger partial charge < -0.3 is 67.2 Å². The van der Waals surface area contributed by atoms with Gasteiger partial charge in [-0.1, -0.05) is 52.0 Å². The third-order valence-corrected chi connectivity index (χ3v) is 13.5. The monoisotopic (exact) mass is 971 g/mol. The van der Waals surface area contributed by atoms with E-state index in [1.807, 2.05) is 46.8 Å². The molecule has 0 aromatic carbocycles. The average molecular weight is 971 g/mol. The molecule has 5 heterocycles. The largest absolute Gasteiger partial charge is 0.737 e. The number of nitrogens with one attached hydrogen (secondary N) is 2. The van der Waals surface area contributed by atoms with Crippen LogP contribution in [0.2, 0.25) is 0 Å². The molecule has 4 aliphatic rings. The Hall–Kier alpha value is -4.46. The van der Waals surface area contributed by atoms with Crippen LogP contribution in [0.1, 0.15) is 116 Å². The van der Waals surface area contributed by atoms with Crippen molar-refractivity contribution in [2.45, 2.75) is 155 Å². The van der Waals surface area contributed by atoms with E-state index in [4.69, 9.17) is 23.7 Å². The van der Waals surface area contributed by atoms with Crippen LogP contribution in [0, 0.1) is 31.6 Å². The van der Waals surface area contributed by atoms with Crippen molar-refractivity contribution in [3.8, 4) is 0 Å². The standard InChI is InChI=1S/C51H77BF2N4O11/c1-9-43(60)38(7)49-44(67-49)29-33(2)13-12-14-34(3)48-35(4)17-20-45(51(8,64)22-21-41(59)32-47(62)69-48)68-50(63)56-24-26-66-28-27-65-25-23-55-46(61)16-11-10-15-39-18-19-40-31-42-36(5)30-37(6)57(42)52(53,54)58(39)40/h12-14,17-20,30-31,33,35,38,41,43-45,48-49,59-60,64H,9-11,15-16,21-29,32H2,1-8H3,(H,55,61)(H,56,63)/b13-12+,20-17+,34-14+. The smallest absolute Gasteiger partial charge is 0.457 e. The molecule has 1 saturated heterocycles. The third kappa shape index (κ3) is 15.8. The lowest BCUT2D eigenvalue weighted by molar-refractivity contribution is -0.362. The van der Waals surface area contributed by atoms with Crippen LogP contribution in [-0.2, 0) is 33.3 Å². The summed E-state index contributed by atoms with van der Waals surface area (Å²) < 4.78 is 62.1. The van der Waals surface area contributed by atoms with Gasteiger partial charge in [-0.2, -0.15) is 0 Å². The number of esters is 1. The summed E-state index contributed by atoms with van der Waals surface area (Å²) in [6.45, 7) is 12.2. The van der Waals surface area contributed by atoms with E-state index in [2.05, 4.69) is 23.6 Å². The number of nitrogens with zero attached hydrogens (tertiary/aromatic N) is 2. The Morgan fingerprint density at radius 3 is 2.51 bits per heavy atom. The van der Waals surface area contributed by atoms with Gasteiger partial charge in [-0.3, -0.25) is 9.59 Å². The number of halogens is 2. The molecule has 5 N–H and O–H groups in total. The van der Waals surface area contributed by atoms with Gasteiger partial charge in [0, 0.05) is 61.7 Å². The van der Waals surface area contributed by atoms with E-state index in [1.165, 1.54) is 6.92 Å². The summed E-state index contributed by atoms with van der Waals surface area (Å²) >= 11 is 0. The van der Waals surface area contributed by atoms with Gasteiger partial charge in [0.15, 0.2) is 11.8 Å². The van der Waals surface area contributed by atoms with Gasteiger partial charge in [0.1, 0.15) is 17.4 Å². The number of allylic oxidation sites excluding steroid dienone is 5. The van der Waals surface area contributed by atoms with Crippen LogP contribution in [0.4, 0.5) is 13.4 Å². The van der Waals surface area contributed by atoms with Gasteiger partial charge in [0.2, 0.25) is 5.91 Å². The summed E-state index contributed by atoms with van der Waals surface area (Å²) in [5.74, 6) is -0.801. The number of amides is 2. The third-order valence-electron chi connectivity index (χ3n) is 13.5. The van der Waals surface area contributed by atoms with Crippen LogP contribution in [0.5, 0.6) is 0 Å². The van der Waals surface area contributed by atoms with Crippen molar-refractivity contribution < 1.29 is 66.5 Å². The number of carbonyl (C=O) groups excluding carboxylic acids is 3. The maximum Gasteiger partial charge on any atom is 0.737 e. The Labute approximate surface area is 406 Å². The quantitative estimate of drug-likeness (QED) is 0.0198. The molecule has 0 spiro atoms. The lowest BCUT2D eigenvalue weighted by atomic mass is 9.88. The van der Waals surface area contributed by atoms with Crippen LogP contribution in [-0.4, -0.2) is 137 Å². The normalized spacial score (nSPS) is 27.6. The van der Waals surface area contributed by atoms with Crippen molar-refractivity contribution in [2.75, 3.05) is 39.5 Å². The maximum absolute atomic E-state index is 15.6. The predicted molar refractivity (Wildman–Crippen MR) is 261 cm³/mol. The van der Waals surface area contributed by atoms with Crippen LogP contribution in [0.25, 0.3) is 6.08 Å². The summed E-state index contributed by atoms with van der Waals surface area (Å²) in [6.07, 6.45) is 13.9. The fourth-order valence-electron chi connectivity index (χ4n) is 9.33.